The maximum atomic E-state index is 5.35. The summed E-state index contributed by atoms with van der Waals surface area (Å²) in [6.45, 7) is 8.68. The van der Waals surface area contributed by atoms with Crippen LogP contribution in [0.1, 0.15) is 31.9 Å². The lowest BCUT2D eigenvalue weighted by molar-refractivity contribution is 0.409. The predicted molar refractivity (Wildman–Crippen MR) is 66.0 cm³/mol. The summed E-state index contributed by atoms with van der Waals surface area (Å²) in [7, 11) is 3.67. The van der Waals surface area contributed by atoms with Gasteiger partial charge in [0.15, 0.2) is 0 Å². The van der Waals surface area contributed by atoms with E-state index in [9.17, 15) is 0 Å². The molecule has 2 heteroatoms. The Hall–Kier alpha value is -1.18. The van der Waals surface area contributed by atoms with Crippen LogP contribution in [-0.4, -0.2) is 14.2 Å². The molecule has 0 amide bonds. The Morgan fingerprint density at radius 1 is 1.20 bits per heavy atom. The highest BCUT2D eigenvalue weighted by atomic mass is 16.5. The van der Waals surface area contributed by atoms with Crippen molar-refractivity contribution < 1.29 is 4.74 Å². The average Bonchev–Trinajstić information content (AvgIpc) is 2.15. The van der Waals surface area contributed by atoms with E-state index in [2.05, 4.69) is 45.1 Å². The van der Waals surface area contributed by atoms with Crippen molar-refractivity contribution in [2.24, 2.45) is 0 Å². The maximum Gasteiger partial charge on any atom is 0.122 e. The molecule has 1 aromatic rings. The second-order valence-corrected chi connectivity index (χ2v) is 4.87. The monoisotopic (exact) mass is 207 g/mol. The molecule has 0 saturated heterocycles. The van der Waals surface area contributed by atoms with Gasteiger partial charge >= 0.3 is 0 Å². The van der Waals surface area contributed by atoms with Crippen LogP contribution in [0.3, 0.4) is 0 Å². The first-order valence-electron chi connectivity index (χ1n) is 5.27. The van der Waals surface area contributed by atoms with Crippen LogP contribution in [0.25, 0.3) is 0 Å². The lowest BCUT2D eigenvalue weighted by Crippen LogP contribution is -2.14. The van der Waals surface area contributed by atoms with Crippen molar-refractivity contribution in [3.63, 3.8) is 0 Å². The van der Waals surface area contributed by atoms with Gasteiger partial charge in [-0.25, -0.2) is 0 Å². The van der Waals surface area contributed by atoms with Gasteiger partial charge in [-0.05, 0) is 35.6 Å². The van der Waals surface area contributed by atoms with Crippen LogP contribution in [-0.2, 0) is 5.41 Å². The first-order valence-corrected chi connectivity index (χ1v) is 5.27. The molecule has 1 aromatic carbocycles. The third-order valence-electron chi connectivity index (χ3n) is 2.61. The maximum absolute atomic E-state index is 5.35. The average molecular weight is 207 g/mol. The van der Waals surface area contributed by atoms with Crippen LogP contribution in [0.5, 0.6) is 5.75 Å². The number of aryl methyl sites for hydroxylation is 1. The fourth-order valence-electron chi connectivity index (χ4n) is 1.74. The van der Waals surface area contributed by atoms with Crippen LogP contribution in [0.4, 0.5) is 5.69 Å². The van der Waals surface area contributed by atoms with Gasteiger partial charge in [-0.2, -0.15) is 0 Å². The first kappa shape index (κ1) is 11.9. The Kier molecular flexibility index (Phi) is 3.28. The third kappa shape index (κ3) is 2.44. The molecule has 15 heavy (non-hydrogen) atoms. The molecule has 0 saturated carbocycles. The molecule has 1 rings (SSSR count). The predicted octanol–water partition coefficient (Wildman–Crippen LogP) is 3.34. The second-order valence-electron chi connectivity index (χ2n) is 4.87. The molecule has 0 fully saturated rings. The minimum atomic E-state index is 0.124. The van der Waals surface area contributed by atoms with Crippen molar-refractivity contribution in [1.82, 2.24) is 0 Å². The molecule has 0 heterocycles. The van der Waals surface area contributed by atoms with Gasteiger partial charge in [0, 0.05) is 12.7 Å². The number of benzene rings is 1. The fourth-order valence-corrected chi connectivity index (χ4v) is 1.74. The summed E-state index contributed by atoms with van der Waals surface area (Å²) < 4.78 is 5.35. The number of nitrogens with one attached hydrogen (secondary N) is 1. The molecule has 0 atom stereocenters. The Labute approximate surface area is 92.6 Å². The van der Waals surface area contributed by atoms with Crippen molar-refractivity contribution in [2.45, 2.75) is 33.1 Å². The van der Waals surface area contributed by atoms with Crippen molar-refractivity contribution in [3.8, 4) is 5.75 Å². The van der Waals surface area contributed by atoms with Crippen LogP contribution < -0.4 is 10.1 Å². The van der Waals surface area contributed by atoms with Crippen molar-refractivity contribution >= 4 is 5.69 Å². The molecule has 0 spiro atoms. The van der Waals surface area contributed by atoms with Crippen LogP contribution in [0.15, 0.2) is 12.1 Å². The summed E-state index contributed by atoms with van der Waals surface area (Å²) in [5.74, 6) is 0.957. The number of hydrogen-bond donors (Lipinski definition) is 1. The van der Waals surface area contributed by atoms with E-state index in [4.69, 9.17) is 4.74 Å². The van der Waals surface area contributed by atoms with Gasteiger partial charge in [-0.1, -0.05) is 20.8 Å². The Morgan fingerprint density at radius 2 is 1.80 bits per heavy atom. The third-order valence-corrected chi connectivity index (χ3v) is 2.61. The quantitative estimate of drug-likeness (QED) is 0.803. The van der Waals surface area contributed by atoms with Gasteiger partial charge in [-0.15, -0.1) is 0 Å². The van der Waals surface area contributed by atoms with Crippen LogP contribution in [0.2, 0.25) is 0 Å². The van der Waals surface area contributed by atoms with Gasteiger partial charge in [0.05, 0.1) is 7.11 Å². The van der Waals surface area contributed by atoms with E-state index in [1.165, 1.54) is 11.3 Å². The van der Waals surface area contributed by atoms with E-state index in [-0.39, 0.29) is 5.41 Å². The van der Waals surface area contributed by atoms with E-state index in [1.807, 2.05) is 7.05 Å². The number of anilines is 1. The van der Waals surface area contributed by atoms with E-state index >= 15 is 0 Å². The van der Waals surface area contributed by atoms with E-state index < -0.39 is 0 Å². The van der Waals surface area contributed by atoms with Crippen LogP contribution >= 0.6 is 0 Å². The molecular weight excluding hydrogens is 186 g/mol. The largest absolute Gasteiger partial charge is 0.496 e. The number of methoxy groups -OCH3 is 1. The lowest BCUT2D eigenvalue weighted by atomic mass is 9.85. The normalized spacial score (nSPS) is 11.3. The SMILES string of the molecule is CNc1cc(C)c(OC)cc1C(C)(C)C. The Morgan fingerprint density at radius 3 is 2.20 bits per heavy atom. The highest BCUT2D eigenvalue weighted by Gasteiger charge is 2.19. The highest BCUT2D eigenvalue weighted by molar-refractivity contribution is 5.59. The Bertz CT molecular complexity index is 350. The lowest BCUT2D eigenvalue weighted by Gasteiger charge is -2.24. The molecule has 0 aliphatic heterocycles. The molecule has 0 aromatic heterocycles. The summed E-state index contributed by atoms with van der Waals surface area (Å²) in [5.41, 5.74) is 3.75. The van der Waals surface area contributed by atoms with Gasteiger partial charge < -0.3 is 10.1 Å². The van der Waals surface area contributed by atoms with Crippen molar-refractivity contribution in [2.75, 3.05) is 19.5 Å². The minimum absolute atomic E-state index is 0.124. The summed E-state index contributed by atoms with van der Waals surface area (Å²) in [6.07, 6.45) is 0. The summed E-state index contributed by atoms with van der Waals surface area (Å²) in [4.78, 5) is 0. The van der Waals surface area contributed by atoms with Crippen molar-refractivity contribution in [3.05, 3.63) is 23.3 Å². The van der Waals surface area contributed by atoms with E-state index in [1.54, 1.807) is 7.11 Å². The molecule has 1 N–H and O–H groups in total. The molecule has 0 radical (unpaired) electrons. The first-order chi connectivity index (χ1) is 6.90. The van der Waals surface area contributed by atoms with Gasteiger partial charge in [0.1, 0.15) is 5.75 Å². The second kappa shape index (κ2) is 4.13. The Balaban J connectivity index is 3.36. The van der Waals surface area contributed by atoms with Crippen LogP contribution in [0, 0.1) is 6.92 Å². The summed E-state index contributed by atoms with van der Waals surface area (Å²) in [5, 5.41) is 3.24. The van der Waals surface area contributed by atoms with Crippen molar-refractivity contribution in [1.29, 1.82) is 0 Å². The van der Waals surface area contributed by atoms with E-state index in [0.717, 1.165) is 11.3 Å². The minimum Gasteiger partial charge on any atom is -0.496 e. The molecule has 2 nitrogen and oxygen atoms in total. The number of rotatable bonds is 2. The topological polar surface area (TPSA) is 21.3 Å². The molecule has 0 unspecified atom stereocenters. The zero-order valence-corrected chi connectivity index (χ0v) is 10.6. The summed E-state index contributed by atoms with van der Waals surface area (Å²) in [6, 6.07) is 4.26. The molecule has 0 aliphatic rings. The zero-order chi connectivity index (χ0) is 11.6. The van der Waals surface area contributed by atoms with Gasteiger partial charge in [0.2, 0.25) is 0 Å². The highest BCUT2D eigenvalue weighted by Crippen LogP contribution is 2.34. The molecule has 84 valence electrons. The smallest absolute Gasteiger partial charge is 0.122 e. The fraction of sp³-hybridized carbons (Fsp3) is 0.538. The van der Waals surface area contributed by atoms with Gasteiger partial charge in [0.25, 0.3) is 0 Å². The van der Waals surface area contributed by atoms with Gasteiger partial charge in [-0.3, -0.25) is 0 Å². The standard InChI is InChI=1S/C13H21NO/c1-9-7-11(14-5)10(13(2,3)4)8-12(9)15-6/h7-8,14H,1-6H3. The summed E-state index contributed by atoms with van der Waals surface area (Å²) >= 11 is 0. The number of ether oxygens (including phenoxy) is 1. The van der Waals surface area contributed by atoms with E-state index in [0.29, 0.717) is 0 Å². The molecule has 0 bridgehead atoms. The molecular formula is C13H21NO. The number of hydrogen-bond acceptors (Lipinski definition) is 2. The molecule has 0 aliphatic carbocycles. The zero-order valence-electron chi connectivity index (χ0n) is 10.6.